The van der Waals surface area contributed by atoms with Crippen LogP contribution in [-0.4, -0.2) is 10.2 Å². The molecular weight excluding hydrogens is 226 g/mol. The number of nitrogens with zero attached hydrogens (tertiary/aromatic N) is 2. The molecule has 2 heterocycles. The number of nitrogens with two attached hydrogens (primary N) is 1. The molecule has 18 heavy (non-hydrogen) atoms. The van der Waals surface area contributed by atoms with Gasteiger partial charge >= 0.3 is 0 Å². The van der Waals surface area contributed by atoms with E-state index in [1.807, 2.05) is 20.8 Å². The fraction of sp³-hybridized carbons (Fsp3) is 0.286. The highest BCUT2D eigenvalue weighted by Crippen LogP contribution is 2.33. The number of hydrogen-bond acceptors (Lipinski definition) is 4. The van der Waals surface area contributed by atoms with E-state index in [9.17, 15) is 0 Å². The fourth-order valence-corrected chi connectivity index (χ4v) is 2.30. The second-order valence-corrected chi connectivity index (χ2v) is 4.83. The Hall–Kier alpha value is -1.94. The number of fused-ring (bicyclic) bond motifs is 3. The van der Waals surface area contributed by atoms with Crippen LogP contribution >= 0.6 is 0 Å². The van der Waals surface area contributed by atoms with Gasteiger partial charge in [0.1, 0.15) is 11.1 Å². The Morgan fingerprint density at radius 1 is 1.22 bits per heavy atom. The summed E-state index contributed by atoms with van der Waals surface area (Å²) >= 11 is 0. The van der Waals surface area contributed by atoms with Crippen LogP contribution in [0.25, 0.3) is 22.1 Å². The van der Waals surface area contributed by atoms with Crippen LogP contribution in [0.5, 0.6) is 0 Å². The van der Waals surface area contributed by atoms with Gasteiger partial charge in [0.15, 0.2) is 5.58 Å². The lowest BCUT2D eigenvalue weighted by Crippen LogP contribution is -2.05. The average molecular weight is 241 g/mol. The van der Waals surface area contributed by atoms with Crippen molar-refractivity contribution in [1.29, 1.82) is 0 Å². The quantitative estimate of drug-likeness (QED) is 0.711. The first-order valence-electron chi connectivity index (χ1n) is 5.98. The molecule has 4 nitrogen and oxygen atoms in total. The van der Waals surface area contributed by atoms with Crippen molar-refractivity contribution >= 4 is 22.1 Å². The standard InChI is InChI=1S/C14H15N3O/c1-7-4-10(9(3)15)14-11(5-7)12-13(18-14)8(2)6-16-17-12/h4-6,9H,15H2,1-3H3. The molecule has 0 amide bonds. The monoisotopic (exact) mass is 241 g/mol. The van der Waals surface area contributed by atoms with Crippen molar-refractivity contribution < 1.29 is 4.42 Å². The Morgan fingerprint density at radius 3 is 2.72 bits per heavy atom. The molecule has 4 heteroatoms. The topological polar surface area (TPSA) is 64.9 Å². The van der Waals surface area contributed by atoms with Crippen LogP contribution < -0.4 is 5.73 Å². The van der Waals surface area contributed by atoms with Gasteiger partial charge in [-0.3, -0.25) is 0 Å². The lowest BCUT2D eigenvalue weighted by atomic mass is 10.0. The Balaban J connectivity index is 2.53. The lowest BCUT2D eigenvalue weighted by Gasteiger charge is -2.07. The second kappa shape index (κ2) is 3.78. The summed E-state index contributed by atoms with van der Waals surface area (Å²) in [5, 5.41) is 9.18. The van der Waals surface area contributed by atoms with E-state index >= 15 is 0 Å². The van der Waals surface area contributed by atoms with Crippen molar-refractivity contribution in [3.05, 3.63) is 35.0 Å². The summed E-state index contributed by atoms with van der Waals surface area (Å²) in [6, 6.07) is 4.07. The van der Waals surface area contributed by atoms with Crippen LogP contribution in [0.4, 0.5) is 0 Å². The van der Waals surface area contributed by atoms with Gasteiger partial charge in [-0.25, -0.2) is 0 Å². The third-order valence-electron chi connectivity index (χ3n) is 3.19. The average Bonchev–Trinajstić information content (AvgIpc) is 2.68. The number of aromatic nitrogens is 2. The van der Waals surface area contributed by atoms with Crippen molar-refractivity contribution in [1.82, 2.24) is 10.2 Å². The largest absolute Gasteiger partial charge is 0.454 e. The highest BCUT2D eigenvalue weighted by atomic mass is 16.3. The molecule has 1 atom stereocenters. The number of rotatable bonds is 1. The van der Waals surface area contributed by atoms with Crippen molar-refractivity contribution in [2.45, 2.75) is 26.8 Å². The second-order valence-electron chi connectivity index (χ2n) is 4.83. The van der Waals surface area contributed by atoms with E-state index in [0.717, 1.165) is 38.8 Å². The summed E-state index contributed by atoms with van der Waals surface area (Å²) in [4.78, 5) is 0. The van der Waals surface area contributed by atoms with Gasteiger partial charge in [-0.15, -0.1) is 5.10 Å². The predicted molar refractivity (Wildman–Crippen MR) is 71.4 cm³/mol. The van der Waals surface area contributed by atoms with Gasteiger partial charge in [0.2, 0.25) is 0 Å². The lowest BCUT2D eigenvalue weighted by molar-refractivity contribution is 0.649. The highest BCUT2D eigenvalue weighted by Gasteiger charge is 2.16. The van der Waals surface area contributed by atoms with E-state index in [2.05, 4.69) is 22.3 Å². The van der Waals surface area contributed by atoms with E-state index in [1.165, 1.54) is 0 Å². The summed E-state index contributed by atoms with van der Waals surface area (Å²) in [7, 11) is 0. The molecule has 0 saturated carbocycles. The van der Waals surface area contributed by atoms with Gasteiger partial charge in [-0.05, 0) is 32.4 Å². The third-order valence-corrected chi connectivity index (χ3v) is 3.19. The van der Waals surface area contributed by atoms with Gasteiger partial charge in [-0.1, -0.05) is 6.07 Å². The van der Waals surface area contributed by atoms with Crippen LogP contribution in [0.3, 0.4) is 0 Å². The predicted octanol–water partition coefficient (Wildman–Crippen LogP) is 3.01. The third kappa shape index (κ3) is 1.49. The number of hydrogen-bond donors (Lipinski definition) is 1. The van der Waals surface area contributed by atoms with Crippen LogP contribution in [0.1, 0.15) is 29.7 Å². The van der Waals surface area contributed by atoms with Crippen molar-refractivity contribution in [3.8, 4) is 0 Å². The van der Waals surface area contributed by atoms with Gasteiger partial charge in [0, 0.05) is 22.6 Å². The van der Waals surface area contributed by atoms with Gasteiger partial charge in [0.05, 0.1) is 6.20 Å². The number of aryl methyl sites for hydroxylation is 2. The first kappa shape index (κ1) is 11.2. The SMILES string of the molecule is Cc1cc(C(C)N)c2oc3c(C)cnnc3c2c1. The maximum absolute atomic E-state index is 6.01. The minimum Gasteiger partial charge on any atom is -0.454 e. The summed E-state index contributed by atoms with van der Waals surface area (Å²) in [5.41, 5.74) is 11.6. The summed E-state index contributed by atoms with van der Waals surface area (Å²) in [6.45, 7) is 5.98. The van der Waals surface area contributed by atoms with E-state index in [1.54, 1.807) is 6.20 Å². The molecule has 0 saturated heterocycles. The Labute approximate surface area is 105 Å². The van der Waals surface area contributed by atoms with Crippen molar-refractivity contribution in [3.63, 3.8) is 0 Å². The van der Waals surface area contributed by atoms with Crippen LogP contribution in [-0.2, 0) is 0 Å². The molecule has 1 aromatic carbocycles. The van der Waals surface area contributed by atoms with E-state index in [-0.39, 0.29) is 6.04 Å². The Kier molecular flexibility index (Phi) is 2.35. The molecule has 0 aliphatic heterocycles. The molecule has 2 N–H and O–H groups in total. The molecular formula is C14H15N3O. The first-order chi connectivity index (χ1) is 8.58. The van der Waals surface area contributed by atoms with Crippen molar-refractivity contribution in [2.24, 2.45) is 5.73 Å². The highest BCUT2D eigenvalue weighted by molar-refractivity contribution is 6.04. The zero-order valence-electron chi connectivity index (χ0n) is 10.7. The Bertz CT molecular complexity index is 743. The minimum atomic E-state index is -0.0683. The summed E-state index contributed by atoms with van der Waals surface area (Å²) in [5.74, 6) is 0. The van der Waals surface area contributed by atoms with Crippen LogP contribution in [0.2, 0.25) is 0 Å². The summed E-state index contributed by atoms with van der Waals surface area (Å²) in [6.07, 6.45) is 1.71. The molecule has 0 fully saturated rings. The molecule has 1 unspecified atom stereocenters. The first-order valence-corrected chi connectivity index (χ1v) is 5.98. The molecule has 0 spiro atoms. The molecule has 0 radical (unpaired) electrons. The maximum atomic E-state index is 6.01. The van der Waals surface area contributed by atoms with Gasteiger partial charge < -0.3 is 10.2 Å². The van der Waals surface area contributed by atoms with Gasteiger partial charge in [0.25, 0.3) is 0 Å². The molecule has 2 aromatic heterocycles. The zero-order valence-corrected chi connectivity index (χ0v) is 10.7. The molecule has 0 aliphatic rings. The molecule has 0 bridgehead atoms. The van der Waals surface area contributed by atoms with E-state index < -0.39 is 0 Å². The number of furan rings is 1. The van der Waals surface area contributed by atoms with Crippen molar-refractivity contribution in [2.75, 3.05) is 0 Å². The maximum Gasteiger partial charge on any atom is 0.160 e. The van der Waals surface area contributed by atoms with E-state index in [0.29, 0.717) is 0 Å². The van der Waals surface area contributed by atoms with Gasteiger partial charge in [-0.2, -0.15) is 5.10 Å². The molecule has 3 aromatic rings. The minimum absolute atomic E-state index is 0.0683. The summed E-state index contributed by atoms with van der Waals surface area (Å²) < 4.78 is 5.95. The fourth-order valence-electron chi connectivity index (χ4n) is 2.30. The Morgan fingerprint density at radius 2 is 2.00 bits per heavy atom. The van der Waals surface area contributed by atoms with Crippen LogP contribution in [0, 0.1) is 13.8 Å². The zero-order chi connectivity index (χ0) is 12.9. The van der Waals surface area contributed by atoms with E-state index in [4.69, 9.17) is 10.2 Å². The molecule has 92 valence electrons. The molecule has 3 rings (SSSR count). The van der Waals surface area contributed by atoms with Crippen LogP contribution in [0.15, 0.2) is 22.7 Å². The normalized spacial score (nSPS) is 13.3. The number of benzene rings is 1. The molecule has 0 aliphatic carbocycles. The smallest absolute Gasteiger partial charge is 0.160 e.